The number of rotatable bonds is 2. The third kappa shape index (κ3) is 2.80. The summed E-state index contributed by atoms with van der Waals surface area (Å²) in [5, 5.41) is 10.7. The number of hydrogen-bond acceptors (Lipinski definition) is 5. The van der Waals surface area contributed by atoms with Crippen molar-refractivity contribution in [2.24, 2.45) is 0 Å². The number of nitrogen functional groups attached to an aromatic ring is 1. The lowest BCUT2D eigenvalue weighted by Gasteiger charge is -2.05. The number of hydrogen-bond donors (Lipinski definition) is 2. The van der Waals surface area contributed by atoms with Crippen molar-refractivity contribution in [1.29, 1.82) is 0 Å². The average Bonchev–Trinajstić information content (AvgIpc) is 2.67. The molecular weight excluding hydrogens is 304 g/mol. The van der Waals surface area contributed by atoms with Crippen molar-refractivity contribution in [1.82, 2.24) is 10.2 Å². The van der Waals surface area contributed by atoms with Crippen LogP contribution in [-0.4, -0.2) is 16.1 Å². The van der Waals surface area contributed by atoms with Gasteiger partial charge in [-0.1, -0.05) is 33.3 Å². The Hall–Kier alpha value is -1.47. The van der Waals surface area contributed by atoms with E-state index < -0.39 is 0 Å². The molecule has 1 heterocycles. The van der Waals surface area contributed by atoms with Crippen molar-refractivity contribution in [3.63, 3.8) is 0 Å². The topological polar surface area (TPSA) is 80.9 Å². The maximum atomic E-state index is 12.0. The van der Waals surface area contributed by atoms with E-state index >= 15 is 0 Å². The molecule has 0 fully saturated rings. The molecule has 0 aliphatic rings. The van der Waals surface area contributed by atoms with Crippen LogP contribution in [0.3, 0.4) is 0 Å². The van der Waals surface area contributed by atoms with Crippen LogP contribution in [0.1, 0.15) is 15.9 Å². The van der Waals surface area contributed by atoms with Crippen molar-refractivity contribution in [2.45, 2.75) is 6.92 Å². The zero-order valence-corrected chi connectivity index (χ0v) is 11.3. The van der Waals surface area contributed by atoms with E-state index in [1.54, 1.807) is 6.07 Å². The first-order chi connectivity index (χ1) is 8.06. The molecule has 1 aromatic heterocycles. The Morgan fingerprint density at radius 3 is 2.88 bits per heavy atom. The van der Waals surface area contributed by atoms with Crippen molar-refractivity contribution in [3.05, 3.63) is 33.8 Å². The summed E-state index contributed by atoms with van der Waals surface area (Å²) in [6.45, 7) is 1.87. The number of halogens is 1. The van der Waals surface area contributed by atoms with Gasteiger partial charge in [0.05, 0.1) is 0 Å². The van der Waals surface area contributed by atoms with Crippen LogP contribution in [0.2, 0.25) is 0 Å². The Labute approximate surface area is 110 Å². The predicted octanol–water partition coefficient (Wildman–Crippen LogP) is 2.44. The van der Waals surface area contributed by atoms with Crippen molar-refractivity contribution >= 4 is 43.4 Å². The maximum Gasteiger partial charge on any atom is 0.257 e. The van der Waals surface area contributed by atoms with Gasteiger partial charge in [-0.25, -0.2) is 0 Å². The molecule has 88 valence electrons. The van der Waals surface area contributed by atoms with E-state index in [1.165, 1.54) is 0 Å². The minimum Gasteiger partial charge on any atom is -0.374 e. The van der Waals surface area contributed by atoms with Crippen LogP contribution in [0.15, 0.2) is 22.7 Å². The van der Waals surface area contributed by atoms with Gasteiger partial charge in [-0.05, 0) is 24.6 Å². The largest absolute Gasteiger partial charge is 0.374 e. The van der Waals surface area contributed by atoms with E-state index in [4.69, 9.17) is 5.73 Å². The third-order valence-corrected chi connectivity index (χ3v) is 3.27. The Bertz CT molecular complexity index is 569. The van der Waals surface area contributed by atoms with Gasteiger partial charge in [0.2, 0.25) is 10.3 Å². The summed E-state index contributed by atoms with van der Waals surface area (Å²) in [4.78, 5) is 12.0. The fourth-order valence-corrected chi connectivity index (χ4v) is 2.15. The third-order valence-electron chi connectivity index (χ3n) is 2.11. The Balaban J connectivity index is 2.22. The van der Waals surface area contributed by atoms with Gasteiger partial charge >= 0.3 is 0 Å². The van der Waals surface area contributed by atoms with Gasteiger partial charge < -0.3 is 5.73 Å². The zero-order chi connectivity index (χ0) is 12.4. The molecule has 2 rings (SSSR count). The van der Waals surface area contributed by atoms with Crippen LogP contribution in [0.4, 0.5) is 10.3 Å². The molecule has 5 nitrogen and oxygen atoms in total. The lowest BCUT2D eigenvalue weighted by atomic mass is 10.1. The molecule has 0 aliphatic heterocycles. The second-order valence-corrected chi connectivity index (χ2v) is 5.28. The van der Waals surface area contributed by atoms with Gasteiger partial charge in [0.25, 0.3) is 5.91 Å². The highest BCUT2D eigenvalue weighted by Gasteiger charge is 2.12. The fourth-order valence-electron chi connectivity index (χ4n) is 1.29. The van der Waals surface area contributed by atoms with Crippen LogP contribution >= 0.6 is 27.3 Å². The molecule has 0 bridgehead atoms. The molecule has 2 aromatic rings. The highest BCUT2D eigenvalue weighted by Crippen LogP contribution is 2.20. The van der Waals surface area contributed by atoms with Gasteiger partial charge in [0.15, 0.2) is 0 Å². The summed E-state index contributed by atoms with van der Waals surface area (Å²) in [5.41, 5.74) is 6.92. The molecule has 0 saturated carbocycles. The van der Waals surface area contributed by atoms with E-state index in [0.29, 0.717) is 15.8 Å². The smallest absolute Gasteiger partial charge is 0.257 e. The minimum absolute atomic E-state index is 0.222. The van der Waals surface area contributed by atoms with Crippen molar-refractivity contribution in [3.8, 4) is 0 Å². The lowest BCUT2D eigenvalue weighted by Crippen LogP contribution is -2.13. The molecule has 0 spiro atoms. The quantitative estimate of drug-likeness (QED) is 0.892. The number of aromatic nitrogens is 2. The maximum absolute atomic E-state index is 12.0. The molecule has 7 heteroatoms. The van der Waals surface area contributed by atoms with Crippen LogP contribution in [0, 0.1) is 6.92 Å². The fraction of sp³-hybridized carbons (Fsp3) is 0.100. The summed E-state index contributed by atoms with van der Waals surface area (Å²) >= 11 is 4.46. The molecule has 1 aromatic carbocycles. The minimum atomic E-state index is -0.222. The highest BCUT2D eigenvalue weighted by molar-refractivity contribution is 9.10. The van der Waals surface area contributed by atoms with Crippen molar-refractivity contribution < 1.29 is 4.79 Å². The average molecular weight is 313 g/mol. The lowest BCUT2D eigenvalue weighted by molar-refractivity contribution is 0.102. The van der Waals surface area contributed by atoms with Gasteiger partial charge in [0, 0.05) is 10.0 Å². The number of carbonyl (C=O) groups excluding carboxylic acids is 1. The van der Waals surface area contributed by atoms with Crippen molar-refractivity contribution in [2.75, 3.05) is 11.1 Å². The van der Waals surface area contributed by atoms with E-state index in [9.17, 15) is 4.79 Å². The number of nitrogens with zero attached hydrogens (tertiary/aromatic N) is 2. The zero-order valence-electron chi connectivity index (χ0n) is 8.90. The molecule has 17 heavy (non-hydrogen) atoms. The molecule has 0 atom stereocenters. The molecule has 0 aliphatic carbocycles. The molecule has 3 N–H and O–H groups in total. The first-order valence-corrected chi connectivity index (χ1v) is 6.33. The molecule has 0 radical (unpaired) electrons. The number of amides is 1. The monoisotopic (exact) mass is 312 g/mol. The van der Waals surface area contributed by atoms with Crippen LogP contribution in [-0.2, 0) is 0 Å². The van der Waals surface area contributed by atoms with Gasteiger partial charge in [-0.2, -0.15) is 0 Å². The van der Waals surface area contributed by atoms with Crippen LogP contribution < -0.4 is 11.1 Å². The summed E-state index contributed by atoms with van der Waals surface area (Å²) in [6, 6.07) is 5.51. The van der Waals surface area contributed by atoms with E-state index in [0.717, 1.165) is 21.4 Å². The summed E-state index contributed by atoms with van der Waals surface area (Å²) in [5.74, 6) is -0.222. The summed E-state index contributed by atoms with van der Waals surface area (Å²) in [7, 11) is 0. The highest BCUT2D eigenvalue weighted by atomic mass is 79.9. The standard InChI is InChI=1S/C10H9BrN4OS/c1-5-2-3-6(11)4-7(5)8(16)13-10-15-14-9(12)17-10/h2-4H,1H3,(H2,12,14)(H,13,15,16). The Morgan fingerprint density at radius 2 is 2.24 bits per heavy atom. The molecule has 1 amide bonds. The van der Waals surface area contributed by atoms with Gasteiger partial charge in [-0.3, -0.25) is 10.1 Å². The second-order valence-electron chi connectivity index (χ2n) is 3.36. The number of nitrogens with one attached hydrogen (secondary N) is 1. The summed E-state index contributed by atoms with van der Waals surface area (Å²) in [6.07, 6.45) is 0. The molecular formula is C10H9BrN4OS. The van der Waals surface area contributed by atoms with Gasteiger partial charge in [-0.15, -0.1) is 10.2 Å². The van der Waals surface area contributed by atoms with E-state index in [2.05, 4.69) is 31.4 Å². The Morgan fingerprint density at radius 1 is 1.47 bits per heavy atom. The van der Waals surface area contributed by atoms with E-state index in [-0.39, 0.29) is 5.91 Å². The summed E-state index contributed by atoms with van der Waals surface area (Å²) < 4.78 is 0.852. The number of aryl methyl sites for hydroxylation is 1. The molecule has 0 saturated heterocycles. The van der Waals surface area contributed by atoms with Crippen LogP contribution in [0.25, 0.3) is 0 Å². The normalized spacial score (nSPS) is 10.2. The Kier molecular flexibility index (Phi) is 3.39. The molecule has 0 unspecified atom stereocenters. The SMILES string of the molecule is Cc1ccc(Br)cc1C(=O)Nc1nnc(N)s1. The van der Waals surface area contributed by atoms with E-state index in [1.807, 2.05) is 19.1 Å². The second kappa shape index (κ2) is 4.80. The first-order valence-electron chi connectivity index (χ1n) is 4.73. The number of nitrogens with two attached hydrogens (primary N) is 1. The number of anilines is 2. The number of carbonyl (C=O) groups is 1. The van der Waals surface area contributed by atoms with Gasteiger partial charge in [0.1, 0.15) is 0 Å². The first kappa shape index (κ1) is 12.0. The predicted molar refractivity (Wildman–Crippen MR) is 71.2 cm³/mol. The number of benzene rings is 1. The van der Waals surface area contributed by atoms with Crippen LogP contribution in [0.5, 0.6) is 0 Å².